The molecule has 260 valence electrons. The Morgan fingerprint density at radius 1 is 0.480 bits per heavy atom. The zero-order valence-corrected chi connectivity index (χ0v) is 38.0. The molecule has 0 amide bonds. The van der Waals surface area contributed by atoms with E-state index in [0.29, 0.717) is 7.35 Å². The molecule has 2 aliphatic carbocycles. The van der Waals surface area contributed by atoms with Gasteiger partial charge < -0.3 is 0 Å². The molecular weight excluding hydrogens is 783 g/mol. The van der Waals surface area contributed by atoms with Crippen LogP contribution in [0.4, 0.5) is 0 Å². The van der Waals surface area contributed by atoms with Gasteiger partial charge in [0, 0.05) is 0 Å². The Bertz CT molecular complexity index is 1930. The second-order valence-corrected chi connectivity index (χ2v) is 43.3. The molecule has 7 rings (SSSR count). The van der Waals surface area contributed by atoms with Crippen molar-refractivity contribution in [1.29, 1.82) is 0 Å². The summed E-state index contributed by atoms with van der Waals surface area (Å²) < 4.78 is 6.82. The van der Waals surface area contributed by atoms with Gasteiger partial charge in [-0.05, 0) is 0 Å². The van der Waals surface area contributed by atoms with E-state index in [1.165, 1.54) is 44.5 Å². The van der Waals surface area contributed by atoms with E-state index in [4.69, 9.17) is 0 Å². The molecule has 50 heavy (non-hydrogen) atoms. The summed E-state index contributed by atoms with van der Waals surface area (Å²) in [5, 5.41) is 3.99. The number of benzene rings is 4. The van der Waals surface area contributed by atoms with Crippen LogP contribution in [0, 0.1) is 0 Å². The van der Waals surface area contributed by atoms with Crippen molar-refractivity contribution in [1.82, 2.24) is 0 Å². The first kappa shape index (κ1) is 35.8. The van der Waals surface area contributed by atoms with Crippen molar-refractivity contribution in [3.63, 3.8) is 0 Å². The number of allylic oxidation sites excluding steroid dienone is 2. The molecule has 1 aliphatic heterocycles. The van der Waals surface area contributed by atoms with E-state index < -0.39 is 28.0 Å². The zero-order valence-electron chi connectivity index (χ0n) is 33.4. The predicted molar refractivity (Wildman–Crippen MR) is 220 cm³/mol. The fraction of sp³-hybridized carbons (Fsp3) is 0.417. The molecule has 0 N–H and O–H groups in total. The molecule has 0 saturated carbocycles. The molecule has 0 nitrogen and oxygen atoms in total. The van der Waals surface area contributed by atoms with Gasteiger partial charge in [-0.15, -0.1) is 0 Å². The molecule has 0 spiro atoms. The molecule has 4 aromatic rings. The Hall–Kier alpha value is -2.55. The van der Waals surface area contributed by atoms with Crippen molar-refractivity contribution in [3.05, 3.63) is 129 Å². The summed E-state index contributed by atoms with van der Waals surface area (Å²) in [5.74, 6) is 0. The van der Waals surface area contributed by atoms with Gasteiger partial charge in [-0.1, -0.05) is 0 Å². The second-order valence-electron chi connectivity index (χ2n) is 20.4. The van der Waals surface area contributed by atoms with Crippen molar-refractivity contribution in [2.24, 2.45) is 0 Å². The second kappa shape index (κ2) is 11.5. The van der Waals surface area contributed by atoms with Crippen LogP contribution < -0.4 is 0 Å². The SMILES string of the molecule is CC(C)(C)c1cccc(-c2cccc3c2C=C2[CH]3[Hf]([CH3])([CH3])[CH]3C(=Cc4c(-c5cccc(C(C)(C)C)c5)cccc43)[Si]2(C(C)(C)C)C(C)(C)C)c1. The first-order chi connectivity index (χ1) is 23.1. The van der Waals surface area contributed by atoms with Gasteiger partial charge in [0.2, 0.25) is 0 Å². The van der Waals surface area contributed by atoms with Crippen LogP contribution in [0.3, 0.4) is 0 Å². The van der Waals surface area contributed by atoms with Crippen molar-refractivity contribution in [2.75, 3.05) is 0 Å². The van der Waals surface area contributed by atoms with E-state index in [9.17, 15) is 0 Å². The number of hydrogen-bond acceptors (Lipinski definition) is 0. The molecule has 1 fully saturated rings. The Labute approximate surface area is 309 Å². The van der Waals surface area contributed by atoms with Crippen molar-refractivity contribution >= 4 is 20.2 Å². The van der Waals surface area contributed by atoms with Crippen molar-refractivity contribution < 1.29 is 20.0 Å². The fourth-order valence-electron chi connectivity index (χ4n) is 11.1. The molecule has 3 aliphatic rings. The van der Waals surface area contributed by atoms with Gasteiger partial charge in [0.25, 0.3) is 0 Å². The van der Waals surface area contributed by atoms with Crippen LogP contribution in [0.15, 0.2) is 95.3 Å². The Morgan fingerprint density at radius 3 is 1.18 bits per heavy atom. The summed E-state index contributed by atoms with van der Waals surface area (Å²) in [4.78, 5) is 0. The molecule has 4 aromatic carbocycles. The molecule has 2 heteroatoms. The Morgan fingerprint density at radius 2 is 0.840 bits per heavy atom. The first-order valence-electron chi connectivity index (χ1n) is 19.0. The summed E-state index contributed by atoms with van der Waals surface area (Å²) in [5.41, 5.74) is 14.9. The van der Waals surface area contributed by atoms with E-state index in [2.05, 4.69) is 190 Å². The Balaban J connectivity index is 1.52. The summed E-state index contributed by atoms with van der Waals surface area (Å²) in [6, 6.07) is 33.4. The van der Waals surface area contributed by atoms with Crippen molar-refractivity contribution in [2.45, 2.75) is 121 Å². The third-order valence-electron chi connectivity index (χ3n) is 12.8. The van der Waals surface area contributed by atoms with E-state index in [-0.39, 0.29) is 20.9 Å². The van der Waals surface area contributed by atoms with E-state index in [1.807, 2.05) is 10.4 Å². The summed E-state index contributed by atoms with van der Waals surface area (Å²) >= 11 is -3.25. The minimum atomic E-state index is -3.25. The van der Waals surface area contributed by atoms with Crippen LogP contribution in [-0.2, 0) is 30.8 Å². The van der Waals surface area contributed by atoms with E-state index in [0.717, 1.165) is 0 Å². The van der Waals surface area contributed by atoms with Gasteiger partial charge >= 0.3 is 312 Å². The number of hydrogen-bond donors (Lipinski definition) is 0. The molecule has 2 unspecified atom stereocenters. The number of fused-ring (bicyclic) bond motifs is 6. The number of rotatable bonds is 2. The van der Waals surface area contributed by atoms with Crippen LogP contribution in [0.5, 0.6) is 0 Å². The molecule has 1 heterocycles. The van der Waals surface area contributed by atoms with Crippen LogP contribution >= 0.6 is 0 Å². The molecule has 0 aromatic heterocycles. The minimum absolute atomic E-state index is 0.115. The van der Waals surface area contributed by atoms with Gasteiger partial charge in [0.05, 0.1) is 0 Å². The van der Waals surface area contributed by atoms with Gasteiger partial charge in [-0.25, -0.2) is 0 Å². The van der Waals surface area contributed by atoms with Crippen LogP contribution in [0.2, 0.25) is 19.4 Å². The van der Waals surface area contributed by atoms with Gasteiger partial charge in [-0.3, -0.25) is 0 Å². The standard InChI is InChI=1S/C46H54Si.2CH3.Hf/c1-43(2,3)35-21-13-17-31(25-35)39-23-15-19-33-27-37(29-41(33)39)47(45(7,8)9,46(10,11)12)38-28-34-20-16-24-40(42(34)30-38)32-18-14-22-36(26-32)44(4,5)6;;;/h13-30H,1-12H3;2*1H3;. The van der Waals surface area contributed by atoms with Gasteiger partial charge in [-0.2, -0.15) is 0 Å². The Kier molecular flexibility index (Phi) is 8.22. The average Bonchev–Trinajstić information content (AvgIpc) is 3.60. The average molecular weight is 844 g/mol. The summed E-state index contributed by atoms with van der Waals surface area (Å²) in [7, 11) is -2.38. The van der Waals surface area contributed by atoms with Gasteiger partial charge in [0.1, 0.15) is 0 Å². The van der Waals surface area contributed by atoms with Crippen LogP contribution in [0.1, 0.15) is 124 Å². The normalized spacial score (nSPS) is 20.8. The third kappa shape index (κ3) is 5.20. The monoisotopic (exact) mass is 844 g/mol. The molecule has 1 saturated heterocycles. The topological polar surface area (TPSA) is 0 Å². The predicted octanol–water partition coefficient (Wildman–Crippen LogP) is 14.6. The zero-order chi connectivity index (χ0) is 36.4. The van der Waals surface area contributed by atoms with Crippen molar-refractivity contribution in [3.8, 4) is 22.3 Å². The molecule has 2 atom stereocenters. The van der Waals surface area contributed by atoms with Gasteiger partial charge in [0.15, 0.2) is 0 Å². The molecule has 0 radical (unpaired) electrons. The molecular formula is C48H60HfSi. The first-order valence-corrected chi connectivity index (χ1v) is 32.4. The summed E-state index contributed by atoms with van der Waals surface area (Å²) in [6.45, 7) is 29.6. The third-order valence-corrected chi connectivity index (χ3v) is 37.1. The summed E-state index contributed by atoms with van der Waals surface area (Å²) in [6.07, 6.45) is 5.58. The van der Waals surface area contributed by atoms with Crippen LogP contribution in [-0.4, -0.2) is 8.07 Å². The van der Waals surface area contributed by atoms with E-state index >= 15 is 0 Å². The molecule has 0 bridgehead atoms. The fourth-order valence-corrected chi connectivity index (χ4v) is 44.9. The quantitative estimate of drug-likeness (QED) is 0.176. The maximum atomic E-state index is 2.82. The van der Waals surface area contributed by atoms with Crippen LogP contribution in [0.25, 0.3) is 34.4 Å². The van der Waals surface area contributed by atoms with E-state index in [1.54, 1.807) is 11.1 Å². The maximum absolute atomic E-state index is 3.25.